The highest BCUT2D eigenvalue weighted by Gasteiger charge is 2.27. The summed E-state index contributed by atoms with van der Waals surface area (Å²) >= 11 is 0. The van der Waals surface area contributed by atoms with Gasteiger partial charge in [0, 0.05) is 5.92 Å². The standard InChI is InChI=1S/C10H10O2/c11-10(8-3-4-8)6-5-9-2-1-7-12-9/h1-2,5-8H,3-4H2. The van der Waals surface area contributed by atoms with Crippen molar-refractivity contribution in [2.75, 3.05) is 0 Å². The molecule has 1 aromatic heterocycles. The van der Waals surface area contributed by atoms with E-state index >= 15 is 0 Å². The van der Waals surface area contributed by atoms with Crippen molar-refractivity contribution in [3.8, 4) is 0 Å². The fraction of sp³-hybridized carbons (Fsp3) is 0.300. The molecule has 0 saturated heterocycles. The van der Waals surface area contributed by atoms with Gasteiger partial charge in [0.25, 0.3) is 0 Å². The maximum absolute atomic E-state index is 11.2. The molecule has 2 rings (SSSR count). The van der Waals surface area contributed by atoms with Crippen molar-refractivity contribution in [3.63, 3.8) is 0 Å². The molecule has 0 bridgehead atoms. The Morgan fingerprint density at radius 1 is 1.58 bits per heavy atom. The highest BCUT2D eigenvalue weighted by molar-refractivity contribution is 5.96. The van der Waals surface area contributed by atoms with Gasteiger partial charge in [-0.05, 0) is 37.1 Å². The minimum Gasteiger partial charge on any atom is -0.465 e. The maximum atomic E-state index is 11.2. The second kappa shape index (κ2) is 2.97. The van der Waals surface area contributed by atoms with Gasteiger partial charge in [0.05, 0.1) is 6.26 Å². The molecule has 1 aromatic rings. The molecule has 0 N–H and O–H groups in total. The molecular formula is C10H10O2. The first-order valence-electron chi connectivity index (χ1n) is 4.12. The van der Waals surface area contributed by atoms with Crippen LogP contribution < -0.4 is 0 Å². The average Bonchev–Trinajstić information content (AvgIpc) is 2.80. The monoisotopic (exact) mass is 162 g/mol. The summed E-state index contributed by atoms with van der Waals surface area (Å²) in [6.07, 6.45) is 7.04. The van der Waals surface area contributed by atoms with Gasteiger partial charge in [-0.15, -0.1) is 0 Å². The Labute approximate surface area is 70.9 Å². The van der Waals surface area contributed by atoms with Crippen molar-refractivity contribution in [2.24, 2.45) is 5.92 Å². The third kappa shape index (κ3) is 1.64. The number of allylic oxidation sites excluding steroid dienone is 1. The minimum atomic E-state index is 0.228. The van der Waals surface area contributed by atoms with E-state index in [1.54, 1.807) is 24.5 Å². The van der Waals surface area contributed by atoms with Crippen LogP contribution in [-0.2, 0) is 4.79 Å². The summed E-state index contributed by atoms with van der Waals surface area (Å²) in [7, 11) is 0. The molecule has 1 heterocycles. The van der Waals surface area contributed by atoms with Crippen LogP contribution in [0.5, 0.6) is 0 Å². The van der Waals surface area contributed by atoms with Gasteiger partial charge < -0.3 is 4.42 Å². The fourth-order valence-corrected chi connectivity index (χ4v) is 1.05. The van der Waals surface area contributed by atoms with Crippen molar-refractivity contribution in [2.45, 2.75) is 12.8 Å². The van der Waals surface area contributed by atoms with Crippen LogP contribution in [-0.4, -0.2) is 5.78 Å². The van der Waals surface area contributed by atoms with Crippen LogP contribution in [0.2, 0.25) is 0 Å². The molecule has 0 atom stereocenters. The summed E-state index contributed by atoms with van der Waals surface area (Å²) in [5, 5.41) is 0. The molecule has 1 fully saturated rings. The van der Waals surface area contributed by atoms with E-state index in [-0.39, 0.29) is 5.78 Å². The molecule has 0 spiro atoms. The van der Waals surface area contributed by atoms with E-state index in [9.17, 15) is 4.79 Å². The van der Waals surface area contributed by atoms with E-state index in [0.29, 0.717) is 5.92 Å². The second-order valence-corrected chi connectivity index (χ2v) is 3.03. The molecular weight excluding hydrogens is 152 g/mol. The highest BCUT2D eigenvalue weighted by Crippen LogP contribution is 2.30. The number of rotatable bonds is 3. The molecule has 2 heteroatoms. The summed E-state index contributed by atoms with van der Waals surface area (Å²) in [5.41, 5.74) is 0. The van der Waals surface area contributed by atoms with Crippen LogP contribution in [0.1, 0.15) is 18.6 Å². The van der Waals surface area contributed by atoms with E-state index in [1.165, 1.54) is 0 Å². The van der Waals surface area contributed by atoms with Gasteiger partial charge in [0.15, 0.2) is 5.78 Å². The number of carbonyl (C=O) groups excluding carboxylic acids is 1. The molecule has 0 radical (unpaired) electrons. The maximum Gasteiger partial charge on any atom is 0.158 e. The van der Waals surface area contributed by atoms with Crippen LogP contribution >= 0.6 is 0 Å². The third-order valence-electron chi connectivity index (χ3n) is 1.93. The normalized spacial score (nSPS) is 17.0. The number of hydrogen-bond acceptors (Lipinski definition) is 2. The van der Waals surface area contributed by atoms with Crippen molar-refractivity contribution in [3.05, 3.63) is 30.2 Å². The second-order valence-electron chi connectivity index (χ2n) is 3.03. The van der Waals surface area contributed by atoms with Crippen LogP contribution in [0, 0.1) is 5.92 Å². The molecule has 0 amide bonds. The quantitative estimate of drug-likeness (QED) is 0.638. The van der Waals surface area contributed by atoms with Gasteiger partial charge >= 0.3 is 0 Å². The fourth-order valence-electron chi connectivity index (χ4n) is 1.05. The predicted octanol–water partition coefficient (Wildman–Crippen LogP) is 2.27. The highest BCUT2D eigenvalue weighted by atomic mass is 16.3. The van der Waals surface area contributed by atoms with E-state index in [0.717, 1.165) is 18.6 Å². The Kier molecular flexibility index (Phi) is 1.82. The van der Waals surface area contributed by atoms with Gasteiger partial charge in [-0.25, -0.2) is 0 Å². The lowest BCUT2D eigenvalue weighted by Crippen LogP contribution is -1.92. The Morgan fingerprint density at radius 2 is 2.42 bits per heavy atom. The molecule has 2 nitrogen and oxygen atoms in total. The van der Waals surface area contributed by atoms with E-state index in [2.05, 4.69) is 0 Å². The van der Waals surface area contributed by atoms with Crippen LogP contribution in [0.3, 0.4) is 0 Å². The van der Waals surface area contributed by atoms with E-state index in [4.69, 9.17) is 4.42 Å². The van der Waals surface area contributed by atoms with Crippen LogP contribution in [0.25, 0.3) is 6.08 Å². The molecule has 1 aliphatic carbocycles. The first-order chi connectivity index (χ1) is 5.86. The Bertz CT molecular complexity index is 292. The Morgan fingerprint density at radius 3 is 3.00 bits per heavy atom. The number of carbonyl (C=O) groups is 1. The Hall–Kier alpha value is -1.31. The molecule has 0 aliphatic heterocycles. The average molecular weight is 162 g/mol. The summed E-state index contributed by atoms with van der Waals surface area (Å²) in [6.45, 7) is 0. The molecule has 12 heavy (non-hydrogen) atoms. The van der Waals surface area contributed by atoms with Crippen molar-refractivity contribution >= 4 is 11.9 Å². The van der Waals surface area contributed by atoms with Crippen molar-refractivity contribution in [1.82, 2.24) is 0 Å². The lowest BCUT2D eigenvalue weighted by atomic mass is 10.2. The predicted molar refractivity (Wildman–Crippen MR) is 45.5 cm³/mol. The van der Waals surface area contributed by atoms with Gasteiger partial charge in [-0.3, -0.25) is 4.79 Å². The zero-order chi connectivity index (χ0) is 8.39. The molecule has 62 valence electrons. The first-order valence-corrected chi connectivity index (χ1v) is 4.12. The zero-order valence-electron chi connectivity index (χ0n) is 6.69. The lowest BCUT2D eigenvalue weighted by Gasteiger charge is -1.85. The van der Waals surface area contributed by atoms with Crippen molar-refractivity contribution in [1.29, 1.82) is 0 Å². The van der Waals surface area contributed by atoms with Crippen molar-refractivity contribution < 1.29 is 9.21 Å². The summed E-state index contributed by atoms with van der Waals surface area (Å²) in [4.78, 5) is 11.2. The summed E-state index contributed by atoms with van der Waals surface area (Å²) in [5.74, 6) is 1.27. The number of ketones is 1. The van der Waals surface area contributed by atoms with Gasteiger partial charge in [-0.1, -0.05) is 0 Å². The zero-order valence-corrected chi connectivity index (χ0v) is 6.69. The minimum absolute atomic E-state index is 0.228. The van der Waals surface area contributed by atoms with Gasteiger partial charge in [0.1, 0.15) is 5.76 Å². The van der Waals surface area contributed by atoms with Crippen LogP contribution in [0.4, 0.5) is 0 Å². The van der Waals surface area contributed by atoms with E-state index in [1.807, 2.05) is 6.07 Å². The molecule has 0 aromatic carbocycles. The largest absolute Gasteiger partial charge is 0.465 e. The SMILES string of the molecule is O=C(C=Cc1ccco1)C1CC1. The number of hydrogen-bond donors (Lipinski definition) is 0. The van der Waals surface area contributed by atoms with Gasteiger partial charge in [-0.2, -0.15) is 0 Å². The molecule has 1 aliphatic rings. The van der Waals surface area contributed by atoms with Gasteiger partial charge in [0.2, 0.25) is 0 Å². The van der Waals surface area contributed by atoms with Crippen LogP contribution in [0.15, 0.2) is 28.9 Å². The summed E-state index contributed by atoms with van der Waals surface area (Å²) < 4.78 is 5.05. The summed E-state index contributed by atoms with van der Waals surface area (Å²) in [6, 6.07) is 3.64. The smallest absolute Gasteiger partial charge is 0.158 e. The molecule has 0 unspecified atom stereocenters. The lowest BCUT2D eigenvalue weighted by molar-refractivity contribution is -0.115. The van der Waals surface area contributed by atoms with E-state index < -0.39 is 0 Å². The molecule has 1 saturated carbocycles. The number of furan rings is 1. The Balaban J connectivity index is 1.97. The third-order valence-corrected chi connectivity index (χ3v) is 1.93. The first kappa shape index (κ1) is 7.35. The topological polar surface area (TPSA) is 30.2 Å².